The van der Waals surface area contributed by atoms with E-state index in [0.29, 0.717) is 24.8 Å². The van der Waals surface area contributed by atoms with Crippen molar-refractivity contribution in [2.75, 3.05) is 26.9 Å². The Morgan fingerprint density at radius 3 is 2.62 bits per heavy atom. The number of methoxy groups -OCH3 is 1. The van der Waals surface area contributed by atoms with Crippen molar-refractivity contribution in [3.05, 3.63) is 58.6 Å². The molecule has 0 heterocycles. The smallest absolute Gasteiger partial charge is 0.161 e. The van der Waals surface area contributed by atoms with E-state index >= 15 is 0 Å². The molecule has 0 fully saturated rings. The van der Waals surface area contributed by atoms with Crippen LogP contribution in [-0.2, 0) is 17.9 Å². The molecule has 2 aromatic rings. The van der Waals surface area contributed by atoms with Crippen LogP contribution in [0, 0.1) is 0 Å². The molecule has 0 aromatic heterocycles. The number of halogens is 1. The summed E-state index contributed by atoms with van der Waals surface area (Å²) in [6.07, 6.45) is 0. The molecule has 2 rings (SSSR count). The van der Waals surface area contributed by atoms with Gasteiger partial charge in [-0.15, -0.1) is 0 Å². The fourth-order valence-electron chi connectivity index (χ4n) is 2.24. The lowest BCUT2D eigenvalue weighted by Crippen LogP contribution is -2.18. The van der Waals surface area contributed by atoms with Crippen LogP contribution in [0.5, 0.6) is 11.5 Å². The van der Waals surface area contributed by atoms with Crippen LogP contribution in [0.4, 0.5) is 0 Å². The molecule has 0 radical (unpaired) electrons. The minimum atomic E-state index is 0.450. The van der Waals surface area contributed by atoms with E-state index in [2.05, 4.69) is 5.32 Å². The fraction of sp³-hybridized carbons (Fsp3) is 0.368. The first-order valence-corrected chi connectivity index (χ1v) is 8.43. The van der Waals surface area contributed by atoms with Crippen LogP contribution < -0.4 is 14.8 Å². The van der Waals surface area contributed by atoms with E-state index in [1.54, 1.807) is 7.11 Å². The third kappa shape index (κ3) is 6.04. The zero-order valence-corrected chi connectivity index (χ0v) is 14.9. The van der Waals surface area contributed by atoms with Gasteiger partial charge in [-0.2, -0.15) is 0 Å². The first-order chi connectivity index (χ1) is 11.7. The summed E-state index contributed by atoms with van der Waals surface area (Å²) in [5.74, 6) is 1.49. The van der Waals surface area contributed by atoms with E-state index < -0.39 is 0 Å². The maximum atomic E-state index is 6.00. The number of hydrogen-bond donors (Lipinski definition) is 1. The highest BCUT2D eigenvalue weighted by molar-refractivity contribution is 6.30. The molecule has 0 amide bonds. The van der Waals surface area contributed by atoms with E-state index in [1.807, 2.05) is 49.4 Å². The number of rotatable bonds is 10. The summed E-state index contributed by atoms with van der Waals surface area (Å²) in [4.78, 5) is 0. The van der Waals surface area contributed by atoms with Gasteiger partial charge < -0.3 is 19.5 Å². The number of benzene rings is 2. The second kappa shape index (κ2) is 10.2. The Morgan fingerprint density at radius 2 is 1.88 bits per heavy atom. The van der Waals surface area contributed by atoms with E-state index in [4.69, 9.17) is 25.8 Å². The standard InChI is InChI=1S/C19H24ClNO3/c1-3-23-19-12-15(13-21-9-10-22-2)7-8-18(19)24-14-16-5-4-6-17(20)11-16/h4-8,11-12,21H,3,9-10,13-14H2,1-2H3. The molecule has 4 nitrogen and oxygen atoms in total. The Hall–Kier alpha value is -1.75. The molecule has 2 aromatic carbocycles. The average molecular weight is 350 g/mol. The summed E-state index contributed by atoms with van der Waals surface area (Å²) in [6.45, 7) is 5.27. The average Bonchev–Trinajstić information content (AvgIpc) is 2.58. The minimum absolute atomic E-state index is 0.450. The molecular weight excluding hydrogens is 326 g/mol. The summed E-state index contributed by atoms with van der Waals surface area (Å²) in [7, 11) is 1.70. The fourth-order valence-corrected chi connectivity index (χ4v) is 2.46. The van der Waals surface area contributed by atoms with Crippen molar-refractivity contribution in [1.82, 2.24) is 5.32 Å². The van der Waals surface area contributed by atoms with Crippen LogP contribution in [0.15, 0.2) is 42.5 Å². The van der Waals surface area contributed by atoms with Crippen molar-refractivity contribution in [3.8, 4) is 11.5 Å². The zero-order valence-electron chi connectivity index (χ0n) is 14.2. The van der Waals surface area contributed by atoms with Gasteiger partial charge in [0.25, 0.3) is 0 Å². The molecule has 0 bridgehead atoms. The third-order valence-corrected chi connectivity index (χ3v) is 3.64. The highest BCUT2D eigenvalue weighted by Crippen LogP contribution is 2.29. The first kappa shape index (κ1) is 18.6. The predicted molar refractivity (Wildman–Crippen MR) is 97.0 cm³/mol. The van der Waals surface area contributed by atoms with Gasteiger partial charge in [0.05, 0.1) is 13.2 Å². The summed E-state index contributed by atoms with van der Waals surface area (Å²) in [5.41, 5.74) is 2.17. The molecule has 5 heteroatoms. The topological polar surface area (TPSA) is 39.7 Å². The highest BCUT2D eigenvalue weighted by Gasteiger charge is 2.07. The maximum Gasteiger partial charge on any atom is 0.161 e. The van der Waals surface area contributed by atoms with Gasteiger partial charge in [-0.3, -0.25) is 0 Å². The number of ether oxygens (including phenoxy) is 3. The molecule has 0 aliphatic carbocycles. The van der Waals surface area contributed by atoms with Crippen LogP contribution in [0.25, 0.3) is 0 Å². The molecule has 0 saturated carbocycles. The molecule has 0 spiro atoms. The molecule has 1 N–H and O–H groups in total. The van der Waals surface area contributed by atoms with Crippen molar-refractivity contribution in [1.29, 1.82) is 0 Å². The normalized spacial score (nSPS) is 10.6. The molecule has 24 heavy (non-hydrogen) atoms. The van der Waals surface area contributed by atoms with E-state index in [-0.39, 0.29) is 0 Å². The van der Waals surface area contributed by atoms with Crippen LogP contribution in [0.1, 0.15) is 18.1 Å². The van der Waals surface area contributed by atoms with Crippen LogP contribution in [0.2, 0.25) is 5.02 Å². The Bertz CT molecular complexity index is 634. The van der Waals surface area contributed by atoms with E-state index in [1.165, 1.54) is 0 Å². The molecule has 0 aliphatic rings. The zero-order chi connectivity index (χ0) is 17.2. The third-order valence-electron chi connectivity index (χ3n) is 3.40. The van der Waals surface area contributed by atoms with Crippen molar-refractivity contribution < 1.29 is 14.2 Å². The van der Waals surface area contributed by atoms with Crippen molar-refractivity contribution >= 4 is 11.6 Å². The molecular formula is C19H24ClNO3. The highest BCUT2D eigenvalue weighted by atomic mass is 35.5. The predicted octanol–water partition coefficient (Wildman–Crippen LogP) is 4.05. The molecule has 0 aliphatic heterocycles. The second-order valence-electron chi connectivity index (χ2n) is 5.30. The van der Waals surface area contributed by atoms with E-state index in [0.717, 1.165) is 35.7 Å². The number of hydrogen-bond acceptors (Lipinski definition) is 4. The maximum absolute atomic E-state index is 6.00. The van der Waals surface area contributed by atoms with Gasteiger partial charge in [0.15, 0.2) is 11.5 Å². The van der Waals surface area contributed by atoms with Crippen molar-refractivity contribution in [2.24, 2.45) is 0 Å². The monoisotopic (exact) mass is 349 g/mol. The van der Waals surface area contributed by atoms with Gasteiger partial charge in [-0.05, 0) is 42.3 Å². The Labute approximate surface area is 148 Å². The Kier molecular flexibility index (Phi) is 7.89. The Morgan fingerprint density at radius 1 is 1.00 bits per heavy atom. The van der Waals surface area contributed by atoms with Gasteiger partial charge in [0, 0.05) is 25.2 Å². The quantitative estimate of drug-likeness (QED) is 0.657. The van der Waals surface area contributed by atoms with Crippen LogP contribution in [0.3, 0.4) is 0 Å². The summed E-state index contributed by atoms with van der Waals surface area (Å²) >= 11 is 6.00. The van der Waals surface area contributed by atoms with Crippen molar-refractivity contribution in [2.45, 2.75) is 20.1 Å². The molecule has 0 unspecified atom stereocenters. The summed E-state index contributed by atoms with van der Waals surface area (Å²) in [6, 6.07) is 13.6. The molecule has 0 saturated heterocycles. The largest absolute Gasteiger partial charge is 0.490 e. The lowest BCUT2D eigenvalue weighted by molar-refractivity contribution is 0.199. The first-order valence-electron chi connectivity index (χ1n) is 8.05. The van der Waals surface area contributed by atoms with Gasteiger partial charge >= 0.3 is 0 Å². The van der Waals surface area contributed by atoms with Gasteiger partial charge in [-0.1, -0.05) is 29.8 Å². The van der Waals surface area contributed by atoms with Gasteiger partial charge in [0.1, 0.15) is 6.61 Å². The van der Waals surface area contributed by atoms with Gasteiger partial charge in [-0.25, -0.2) is 0 Å². The minimum Gasteiger partial charge on any atom is -0.490 e. The van der Waals surface area contributed by atoms with Crippen molar-refractivity contribution in [3.63, 3.8) is 0 Å². The van der Waals surface area contributed by atoms with Gasteiger partial charge in [0.2, 0.25) is 0 Å². The Balaban J connectivity index is 2.00. The SMILES string of the molecule is CCOc1cc(CNCCOC)ccc1OCc1cccc(Cl)c1. The van der Waals surface area contributed by atoms with Crippen LogP contribution in [-0.4, -0.2) is 26.9 Å². The van der Waals surface area contributed by atoms with Crippen LogP contribution >= 0.6 is 11.6 Å². The van der Waals surface area contributed by atoms with E-state index in [9.17, 15) is 0 Å². The summed E-state index contributed by atoms with van der Waals surface area (Å²) in [5, 5.41) is 4.03. The second-order valence-corrected chi connectivity index (χ2v) is 5.74. The molecule has 0 atom stereocenters. The number of nitrogens with one attached hydrogen (secondary N) is 1. The lowest BCUT2D eigenvalue weighted by Gasteiger charge is -2.14. The summed E-state index contributed by atoms with van der Waals surface area (Å²) < 4.78 is 16.6. The lowest BCUT2D eigenvalue weighted by atomic mass is 10.2. The molecule has 130 valence electrons.